The van der Waals surface area contributed by atoms with Crippen LogP contribution in [0.15, 0.2) is 60.9 Å². The van der Waals surface area contributed by atoms with Gasteiger partial charge in [-0.25, -0.2) is 22.8 Å². The number of aryl methyl sites for hydroxylation is 2. The van der Waals surface area contributed by atoms with Crippen LogP contribution in [0.25, 0.3) is 0 Å². The normalized spacial score (nSPS) is 16.7. The molecule has 0 spiro atoms. The van der Waals surface area contributed by atoms with Crippen LogP contribution in [0, 0.1) is 6.92 Å². The van der Waals surface area contributed by atoms with Gasteiger partial charge in [0.15, 0.2) is 0 Å². The van der Waals surface area contributed by atoms with E-state index in [0.717, 1.165) is 5.56 Å². The molecule has 1 aromatic heterocycles. The lowest BCUT2D eigenvalue weighted by atomic mass is 10.0. The first-order valence-corrected chi connectivity index (χ1v) is 13.6. The van der Waals surface area contributed by atoms with E-state index in [1.54, 1.807) is 25.1 Å². The van der Waals surface area contributed by atoms with E-state index in [0.29, 0.717) is 45.5 Å². The smallest absolute Gasteiger partial charge is 0.380 e. The summed E-state index contributed by atoms with van der Waals surface area (Å²) in [6.45, 7) is 0.730. The van der Waals surface area contributed by atoms with E-state index >= 15 is 0 Å². The quantitative estimate of drug-likeness (QED) is 0.384. The molecule has 1 unspecified atom stereocenters. The number of benzene rings is 2. The van der Waals surface area contributed by atoms with Crippen LogP contribution in [0.2, 0.25) is 0 Å². The highest BCUT2D eigenvalue weighted by Gasteiger charge is 2.51. The number of sulfonamides is 1. The molecule has 0 amide bonds. The predicted octanol–water partition coefficient (Wildman–Crippen LogP) is 4.84. The van der Waals surface area contributed by atoms with Crippen molar-refractivity contribution >= 4 is 21.4 Å². The van der Waals surface area contributed by atoms with Crippen molar-refractivity contribution in [2.75, 3.05) is 30.0 Å². The second-order valence-corrected chi connectivity index (χ2v) is 11.1. The molecule has 1 aliphatic rings. The maximum atomic E-state index is 13.7. The zero-order valence-corrected chi connectivity index (χ0v) is 21.6. The highest BCUT2D eigenvalue weighted by Crippen LogP contribution is 2.37. The Morgan fingerprint density at radius 1 is 1.05 bits per heavy atom. The minimum atomic E-state index is -5.57. The molecule has 4 rings (SSSR count). The molecule has 3 aromatic rings. The molecule has 0 aliphatic carbocycles. The highest BCUT2D eigenvalue weighted by atomic mass is 32.2. The minimum Gasteiger partial charge on any atom is -0.380 e. The topological polar surface area (TPSA) is 78.4 Å². The number of nitrogens with one attached hydrogen (secondary N) is 1. The summed E-state index contributed by atoms with van der Waals surface area (Å²) in [5.74, 6) is 0.403. The second kappa shape index (κ2) is 11.6. The Labute approximate surface area is 219 Å². The molecule has 0 saturated heterocycles. The molecule has 2 heterocycles. The van der Waals surface area contributed by atoms with Crippen LogP contribution in [-0.4, -0.2) is 54.0 Å². The average molecular weight is 552 g/mol. The number of fused-ring (bicyclic) bond motifs is 1. The fourth-order valence-corrected chi connectivity index (χ4v) is 5.53. The van der Waals surface area contributed by atoms with Gasteiger partial charge in [0.2, 0.25) is 0 Å². The van der Waals surface area contributed by atoms with Crippen LogP contribution in [0.1, 0.15) is 28.9 Å². The summed E-state index contributed by atoms with van der Waals surface area (Å²) in [5, 5.41) is 2.85. The van der Waals surface area contributed by atoms with E-state index in [9.17, 15) is 26.0 Å². The number of hydrogen-bond donors (Lipinski definition) is 1. The standard InChI is InChI=1S/C26H29F4N5O2S/c1-19-6-5-9-24-23(19)17-34(38(36,37)26(28,29)30)16-22(11-10-20-7-3-2-4-8-20)35(24)18-25-32-14-21(15-33-25)31-13-12-27/h2-9,14-15,22,31H,10-13,16-18H2,1H3. The molecule has 1 atom stereocenters. The highest BCUT2D eigenvalue weighted by molar-refractivity contribution is 7.89. The Hall–Kier alpha value is -3.25. The number of nitrogens with zero attached hydrogens (tertiary/aromatic N) is 4. The molecule has 0 saturated carbocycles. The van der Waals surface area contributed by atoms with Gasteiger partial charge in [0.05, 0.1) is 24.6 Å². The molecule has 0 fully saturated rings. The first kappa shape index (κ1) is 27.8. The van der Waals surface area contributed by atoms with Crippen LogP contribution in [0.4, 0.5) is 28.9 Å². The van der Waals surface area contributed by atoms with Gasteiger partial charge in [0, 0.05) is 31.4 Å². The fraction of sp³-hybridized carbons (Fsp3) is 0.385. The van der Waals surface area contributed by atoms with Crippen LogP contribution in [0.3, 0.4) is 0 Å². The number of halogens is 4. The molecular weight excluding hydrogens is 522 g/mol. The molecule has 1 aliphatic heterocycles. The summed E-state index contributed by atoms with van der Waals surface area (Å²) < 4.78 is 79.3. The van der Waals surface area contributed by atoms with Crippen LogP contribution in [-0.2, 0) is 29.5 Å². The Morgan fingerprint density at radius 2 is 1.76 bits per heavy atom. The predicted molar refractivity (Wildman–Crippen MR) is 138 cm³/mol. The molecule has 2 aromatic carbocycles. The van der Waals surface area contributed by atoms with Crippen LogP contribution < -0.4 is 10.2 Å². The molecule has 38 heavy (non-hydrogen) atoms. The van der Waals surface area contributed by atoms with E-state index in [1.165, 1.54) is 12.4 Å². The molecule has 204 valence electrons. The van der Waals surface area contributed by atoms with Crippen molar-refractivity contribution in [2.45, 2.75) is 44.4 Å². The summed E-state index contributed by atoms with van der Waals surface area (Å²) in [7, 11) is -5.57. The van der Waals surface area contributed by atoms with Crippen molar-refractivity contribution in [3.05, 3.63) is 83.4 Å². The van der Waals surface area contributed by atoms with Crippen LogP contribution in [0.5, 0.6) is 0 Å². The van der Waals surface area contributed by atoms with Gasteiger partial charge in [-0.1, -0.05) is 42.5 Å². The Morgan fingerprint density at radius 3 is 2.42 bits per heavy atom. The number of alkyl halides is 4. The van der Waals surface area contributed by atoms with Crippen molar-refractivity contribution in [1.82, 2.24) is 14.3 Å². The number of hydrogen-bond acceptors (Lipinski definition) is 6. The van der Waals surface area contributed by atoms with E-state index in [-0.39, 0.29) is 19.6 Å². The molecule has 12 heteroatoms. The minimum absolute atomic E-state index is 0.118. The molecule has 1 N–H and O–H groups in total. The summed E-state index contributed by atoms with van der Waals surface area (Å²) >= 11 is 0. The van der Waals surface area contributed by atoms with Gasteiger partial charge in [-0.3, -0.25) is 0 Å². The number of anilines is 2. The third-order valence-corrected chi connectivity index (χ3v) is 8.11. The van der Waals surface area contributed by atoms with Gasteiger partial charge in [0.25, 0.3) is 0 Å². The van der Waals surface area contributed by atoms with Crippen molar-refractivity contribution in [1.29, 1.82) is 0 Å². The van der Waals surface area contributed by atoms with Gasteiger partial charge >= 0.3 is 15.5 Å². The molecule has 0 radical (unpaired) electrons. The Balaban J connectivity index is 1.73. The summed E-state index contributed by atoms with van der Waals surface area (Å²) in [5.41, 5.74) is -2.05. The molecule has 7 nitrogen and oxygen atoms in total. The van der Waals surface area contributed by atoms with Crippen molar-refractivity contribution in [3.8, 4) is 0 Å². The summed E-state index contributed by atoms with van der Waals surface area (Å²) in [6, 6.07) is 14.2. The number of rotatable bonds is 9. The van der Waals surface area contributed by atoms with Crippen molar-refractivity contribution in [2.24, 2.45) is 0 Å². The SMILES string of the molecule is Cc1cccc2c1CN(S(=O)(=O)C(F)(F)F)CC(CCc1ccccc1)N2Cc1ncc(NCCF)cn1. The first-order chi connectivity index (χ1) is 18.1. The first-order valence-electron chi connectivity index (χ1n) is 12.2. The van der Waals surface area contributed by atoms with Gasteiger partial charge in [-0.2, -0.15) is 17.5 Å². The van der Waals surface area contributed by atoms with E-state index in [1.807, 2.05) is 35.2 Å². The maximum Gasteiger partial charge on any atom is 0.511 e. The fourth-order valence-electron chi connectivity index (χ4n) is 4.57. The van der Waals surface area contributed by atoms with Gasteiger partial charge < -0.3 is 10.2 Å². The second-order valence-electron chi connectivity index (χ2n) is 9.13. The van der Waals surface area contributed by atoms with Gasteiger partial charge in [-0.15, -0.1) is 0 Å². The lowest BCUT2D eigenvalue weighted by molar-refractivity contribution is -0.0492. The third kappa shape index (κ3) is 6.24. The molecular formula is C26H29F4N5O2S. The third-order valence-electron chi connectivity index (χ3n) is 6.57. The van der Waals surface area contributed by atoms with E-state index < -0.39 is 34.8 Å². The van der Waals surface area contributed by atoms with Crippen molar-refractivity contribution in [3.63, 3.8) is 0 Å². The maximum absolute atomic E-state index is 13.7. The van der Waals surface area contributed by atoms with Crippen LogP contribution >= 0.6 is 0 Å². The van der Waals surface area contributed by atoms with E-state index in [2.05, 4.69) is 15.3 Å². The monoisotopic (exact) mass is 551 g/mol. The van der Waals surface area contributed by atoms with Gasteiger partial charge in [0.1, 0.15) is 12.5 Å². The summed E-state index contributed by atoms with van der Waals surface area (Å²) in [6.07, 6.45) is 3.98. The molecule has 0 bridgehead atoms. The van der Waals surface area contributed by atoms with Crippen molar-refractivity contribution < 1.29 is 26.0 Å². The lowest BCUT2D eigenvalue weighted by Gasteiger charge is -2.34. The lowest BCUT2D eigenvalue weighted by Crippen LogP contribution is -2.47. The Bertz CT molecular complexity index is 1320. The zero-order chi connectivity index (χ0) is 27.3. The van der Waals surface area contributed by atoms with Gasteiger partial charge in [-0.05, 0) is 42.5 Å². The number of aromatic nitrogens is 2. The summed E-state index contributed by atoms with van der Waals surface area (Å²) in [4.78, 5) is 10.6. The Kier molecular flexibility index (Phi) is 8.51. The zero-order valence-electron chi connectivity index (χ0n) is 20.8. The van der Waals surface area contributed by atoms with E-state index in [4.69, 9.17) is 0 Å². The largest absolute Gasteiger partial charge is 0.511 e. The average Bonchev–Trinajstić information content (AvgIpc) is 3.05.